The summed E-state index contributed by atoms with van der Waals surface area (Å²) in [7, 11) is 0. The molecule has 2 rings (SSSR count). The summed E-state index contributed by atoms with van der Waals surface area (Å²) in [6, 6.07) is 3.25. The van der Waals surface area contributed by atoms with Gasteiger partial charge < -0.3 is 25.8 Å². The molecule has 0 spiro atoms. The SMILES string of the molecule is CC(C)CC(=O)NCCC(=O)Nc1cc2c(cc1N)OCO2. The molecule has 0 bridgehead atoms. The first kappa shape index (κ1) is 15.9. The van der Waals surface area contributed by atoms with Gasteiger partial charge in [-0.05, 0) is 5.92 Å². The molecule has 1 aromatic carbocycles. The summed E-state index contributed by atoms with van der Waals surface area (Å²) >= 11 is 0. The van der Waals surface area contributed by atoms with Gasteiger partial charge in [0, 0.05) is 31.5 Å². The Kier molecular flexibility index (Phi) is 5.08. The largest absolute Gasteiger partial charge is 0.454 e. The zero-order valence-corrected chi connectivity index (χ0v) is 12.8. The molecular formula is C15H21N3O4. The minimum Gasteiger partial charge on any atom is -0.454 e. The first-order valence-corrected chi connectivity index (χ1v) is 7.21. The van der Waals surface area contributed by atoms with Crippen molar-refractivity contribution in [3.8, 4) is 11.5 Å². The number of carbonyl (C=O) groups is 2. The van der Waals surface area contributed by atoms with E-state index in [1.807, 2.05) is 13.8 Å². The van der Waals surface area contributed by atoms with Crippen molar-refractivity contribution in [1.29, 1.82) is 0 Å². The zero-order chi connectivity index (χ0) is 16.1. The fourth-order valence-corrected chi connectivity index (χ4v) is 2.04. The Balaban J connectivity index is 1.81. The van der Waals surface area contributed by atoms with Crippen molar-refractivity contribution in [2.45, 2.75) is 26.7 Å². The summed E-state index contributed by atoms with van der Waals surface area (Å²) in [5.41, 5.74) is 6.73. The Bertz CT molecular complexity index is 572. The Morgan fingerprint density at radius 2 is 1.91 bits per heavy atom. The maximum atomic E-state index is 11.9. The monoisotopic (exact) mass is 307 g/mol. The van der Waals surface area contributed by atoms with E-state index in [1.165, 1.54) is 0 Å². The minimum atomic E-state index is -0.226. The highest BCUT2D eigenvalue weighted by Crippen LogP contribution is 2.38. The number of amides is 2. The van der Waals surface area contributed by atoms with E-state index < -0.39 is 0 Å². The molecule has 1 aromatic rings. The number of hydrogen-bond donors (Lipinski definition) is 3. The van der Waals surface area contributed by atoms with E-state index in [-0.39, 0.29) is 25.0 Å². The molecule has 4 N–H and O–H groups in total. The van der Waals surface area contributed by atoms with E-state index in [0.717, 1.165) is 0 Å². The number of nitrogens with two attached hydrogens (primary N) is 1. The van der Waals surface area contributed by atoms with E-state index in [9.17, 15) is 9.59 Å². The number of nitrogens with one attached hydrogen (secondary N) is 2. The molecule has 7 nitrogen and oxygen atoms in total. The first-order valence-electron chi connectivity index (χ1n) is 7.21. The quantitative estimate of drug-likeness (QED) is 0.691. The second-order valence-electron chi connectivity index (χ2n) is 5.54. The van der Waals surface area contributed by atoms with Gasteiger partial charge >= 0.3 is 0 Å². The molecule has 0 radical (unpaired) electrons. The van der Waals surface area contributed by atoms with Crippen LogP contribution in [-0.4, -0.2) is 25.2 Å². The second-order valence-corrected chi connectivity index (χ2v) is 5.54. The summed E-state index contributed by atoms with van der Waals surface area (Å²) in [6.45, 7) is 4.37. The smallest absolute Gasteiger partial charge is 0.231 e. The third-order valence-corrected chi connectivity index (χ3v) is 3.09. The van der Waals surface area contributed by atoms with Gasteiger partial charge in [-0.25, -0.2) is 0 Å². The van der Waals surface area contributed by atoms with Crippen LogP contribution in [-0.2, 0) is 9.59 Å². The van der Waals surface area contributed by atoms with Gasteiger partial charge in [0.15, 0.2) is 11.5 Å². The van der Waals surface area contributed by atoms with Gasteiger partial charge in [0.25, 0.3) is 0 Å². The van der Waals surface area contributed by atoms with Gasteiger partial charge in [-0.3, -0.25) is 9.59 Å². The molecular weight excluding hydrogens is 286 g/mol. The zero-order valence-electron chi connectivity index (χ0n) is 12.8. The highest BCUT2D eigenvalue weighted by molar-refractivity contribution is 5.95. The molecule has 0 saturated heterocycles. The highest BCUT2D eigenvalue weighted by Gasteiger charge is 2.17. The van der Waals surface area contributed by atoms with Crippen molar-refractivity contribution in [3.63, 3.8) is 0 Å². The molecule has 0 aromatic heterocycles. The predicted octanol–water partition coefficient (Wildman–Crippen LogP) is 1.49. The van der Waals surface area contributed by atoms with Crippen LogP contribution in [0.1, 0.15) is 26.7 Å². The van der Waals surface area contributed by atoms with Crippen molar-refractivity contribution in [3.05, 3.63) is 12.1 Å². The lowest BCUT2D eigenvalue weighted by Gasteiger charge is -2.10. The maximum absolute atomic E-state index is 11.9. The topological polar surface area (TPSA) is 103 Å². The van der Waals surface area contributed by atoms with Crippen LogP contribution >= 0.6 is 0 Å². The number of benzene rings is 1. The number of rotatable bonds is 6. The van der Waals surface area contributed by atoms with Gasteiger partial charge in [-0.15, -0.1) is 0 Å². The van der Waals surface area contributed by atoms with Crippen LogP contribution in [0.2, 0.25) is 0 Å². The van der Waals surface area contributed by atoms with Crippen LogP contribution in [0.5, 0.6) is 11.5 Å². The van der Waals surface area contributed by atoms with E-state index in [1.54, 1.807) is 12.1 Å². The summed E-state index contributed by atoms with van der Waals surface area (Å²) in [5, 5.41) is 5.41. The number of nitrogen functional groups attached to an aromatic ring is 1. The second kappa shape index (κ2) is 7.02. The third-order valence-electron chi connectivity index (χ3n) is 3.09. The van der Waals surface area contributed by atoms with Crippen LogP contribution in [0, 0.1) is 5.92 Å². The Labute approximate surface area is 129 Å². The van der Waals surface area contributed by atoms with Crippen LogP contribution in [0.15, 0.2) is 12.1 Å². The Hall–Kier alpha value is -2.44. The van der Waals surface area contributed by atoms with Crippen molar-refractivity contribution in [1.82, 2.24) is 5.32 Å². The highest BCUT2D eigenvalue weighted by atomic mass is 16.7. The molecule has 1 aliphatic rings. The van der Waals surface area contributed by atoms with Crippen LogP contribution in [0.4, 0.5) is 11.4 Å². The number of ether oxygens (including phenoxy) is 2. The molecule has 0 unspecified atom stereocenters. The van der Waals surface area contributed by atoms with Gasteiger partial charge in [0.1, 0.15) is 0 Å². The van der Waals surface area contributed by atoms with Gasteiger partial charge in [0.2, 0.25) is 18.6 Å². The molecule has 0 saturated carbocycles. The van der Waals surface area contributed by atoms with E-state index in [4.69, 9.17) is 15.2 Å². The minimum absolute atomic E-state index is 0.0506. The molecule has 120 valence electrons. The number of carbonyl (C=O) groups excluding carboxylic acids is 2. The van der Waals surface area contributed by atoms with Gasteiger partial charge in [-0.1, -0.05) is 13.8 Å². The normalized spacial score (nSPS) is 12.3. The first-order chi connectivity index (χ1) is 10.5. The van der Waals surface area contributed by atoms with Crippen molar-refractivity contribution in [2.75, 3.05) is 24.4 Å². The number of fused-ring (bicyclic) bond motifs is 1. The number of anilines is 2. The summed E-state index contributed by atoms with van der Waals surface area (Å²) < 4.78 is 10.4. The molecule has 0 aliphatic carbocycles. The average molecular weight is 307 g/mol. The van der Waals surface area contributed by atoms with Crippen LogP contribution in [0.25, 0.3) is 0 Å². The fraction of sp³-hybridized carbons (Fsp3) is 0.467. The van der Waals surface area contributed by atoms with Crippen molar-refractivity contribution in [2.24, 2.45) is 5.92 Å². The van der Waals surface area contributed by atoms with Gasteiger partial charge in [0.05, 0.1) is 11.4 Å². The van der Waals surface area contributed by atoms with E-state index >= 15 is 0 Å². The van der Waals surface area contributed by atoms with E-state index in [0.29, 0.717) is 41.8 Å². The molecule has 0 fully saturated rings. The molecule has 7 heteroatoms. The summed E-state index contributed by atoms with van der Waals surface area (Å²) in [4.78, 5) is 23.4. The summed E-state index contributed by atoms with van der Waals surface area (Å²) in [6.07, 6.45) is 0.633. The predicted molar refractivity (Wildman–Crippen MR) is 82.7 cm³/mol. The Morgan fingerprint density at radius 3 is 2.59 bits per heavy atom. The third kappa shape index (κ3) is 4.28. The summed E-state index contributed by atoms with van der Waals surface area (Å²) in [5.74, 6) is 1.13. The van der Waals surface area contributed by atoms with Gasteiger partial charge in [-0.2, -0.15) is 0 Å². The molecule has 2 amide bonds. The standard InChI is InChI=1S/C15H21N3O4/c1-9(2)5-15(20)17-4-3-14(19)18-11-7-13-12(6-10(11)16)21-8-22-13/h6-7,9H,3-5,8,16H2,1-2H3,(H,17,20)(H,18,19). The van der Waals surface area contributed by atoms with E-state index in [2.05, 4.69) is 10.6 Å². The van der Waals surface area contributed by atoms with Crippen molar-refractivity contribution >= 4 is 23.2 Å². The fourth-order valence-electron chi connectivity index (χ4n) is 2.04. The van der Waals surface area contributed by atoms with Crippen molar-refractivity contribution < 1.29 is 19.1 Å². The molecule has 1 heterocycles. The molecule has 0 atom stereocenters. The molecule has 1 aliphatic heterocycles. The number of hydrogen-bond acceptors (Lipinski definition) is 5. The Morgan fingerprint density at radius 1 is 1.23 bits per heavy atom. The lowest BCUT2D eigenvalue weighted by Crippen LogP contribution is -2.28. The average Bonchev–Trinajstić information content (AvgIpc) is 2.85. The lowest BCUT2D eigenvalue weighted by molar-refractivity contribution is -0.121. The molecule has 22 heavy (non-hydrogen) atoms. The maximum Gasteiger partial charge on any atom is 0.231 e. The lowest BCUT2D eigenvalue weighted by atomic mass is 10.1. The van der Waals surface area contributed by atoms with Crippen LogP contribution < -0.4 is 25.8 Å². The van der Waals surface area contributed by atoms with Crippen LogP contribution in [0.3, 0.4) is 0 Å².